The molecule has 1 amide bonds. The minimum atomic E-state index is -0.216. The number of para-hydroxylation sites is 1. The highest BCUT2D eigenvalue weighted by atomic mass is 16.2. The smallest absolute Gasteiger partial charge is 0.258 e. The lowest BCUT2D eigenvalue weighted by Crippen LogP contribution is -2.37. The quantitative estimate of drug-likeness (QED) is 0.567. The summed E-state index contributed by atoms with van der Waals surface area (Å²) in [7, 11) is 0. The molecule has 0 spiro atoms. The number of nitrogens with zero attached hydrogens (tertiary/aromatic N) is 5. The van der Waals surface area contributed by atoms with Gasteiger partial charge in [0.1, 0.15) is 5.82 Å². The molecule has 1 aromatic carbocycles. The van der Waals surface area contributed by atoms with Crippen molar-refractivity contribution in [3.63, 3.8) is 0 Å². The summed E-state index contributed by atoms with van der Waals surface area (Å²) in [5.41, 5.74) is 0.845. The number of carbonyl (C=O) groups is 1. The van der Waals surface area contributed by atoms with Crippen LogP contribution in [0.5, 0.6) is 0 Å². The Bertz CT molecular complexity index is 1200. The number of hydrogen-bond donors (Lipinski definition) is 1. The van der Waals surface area contributed by atoms with Crippen molar-refractivity contribution in [3.05, 3.63) is 82.8 Å². The van der Waals surface area contributed by atoms with Crippen molar-refractivity contribution in [2.24, 2.45) is 0 Å². The van der Waals surface area contributed by atoms with E-state index in [-0.39, 0.29) is 24.1 Å². The number of aromatic nitrogens is 5. The molecule has 1 N–H and O–H groups in total. The molecule has 29 heavy (non-hydrogen) atoms. The van der Waals surface area contributed by atoms with Crippen molar-refractivity contribution in [3.8, 4) is 5.82 Å². The second-order valence-corrected chi connectivity index (χ2v) is 6.91. The van der Waals surface area contributed by atoms with Crippen LogP contribution in [0.15, 0.2) is 65.8 Å². The van der Waals surface area contributed by atoms with Crippen LogP contribution in [0.2, 0.25) is 0 Å². The van der Waals surface area contributed by atoms with Gasteiger partial charge in [-0.2, -0.15) is 5.10 Å². The number of pyridine rings is 1. The topological polar surface area (TPSA) is 96.8 Å². The van der Waals surface area contributed by atoms with Crippen molar-refractivity contribution in [2.75, 3.05) is 0 Å². The molecule has 4 aromatic rings. The maximum atomic E-state index is 13.1. The maximum Gasteiger partial charge on any atom is 0.258 e. The van der Waals surface area contributed by atoms with Gasteiger partial charge >= 0.3 is 0 Å². The molecule has 3 aromatic heterocycles. The van der Waals surface area contributed by atoms with E-state index >= 15 is 0 Å². The maximum absolute atomic E-state index is 13.1. The third-order valence-corrected chi connectivity index (χ3v) is 4.60. The lowest BCUT2D eigenvalue weighted by Gasteiger charge is -2.26. The molecule has 0 aliphatic carbocycles. The number of nitrogens with one attached hydrogen (secondary N) is 1. The first-order chi connectivity index (χ1) is 14.0. The van der Waals surface area contributed by atoms with E-state index in [1.54, 1.807) is 58.4 Å². The van der Waals surface area contributed by atoms with Crippen molar-refractivity contribution < 1.29 is 4.79 Å². The summed E-state index contributed by atoms with van der Waals surface area (Å²) in [5.74, 6) is 0.885. The zero-order chi connectivity index (χ0) is 20.4. The Morgan fingerprint density at radius 1 is 1.17 bits per heavy atom. The Morgan fingerprint density at radius 3 is 2.69 bits per heavy atom. The molecular formula is C21H20N6O2. The number of H-pyrrole nitrogens is 1. The van der Waals surface area contributed by atoms with Gasteiger partial charge in [0, 0.05) is 24.6 Å². The zero-order valence-corrected chi connectivity index (χ0v) is 16.1. The molecule has 0 aliphatic heterocycles. The van der Waals surface area contributed by atoms with Gasteiger partial charge in [-0.05, 0) is 44.2 Å². The molecular weight excluding hydrogens is 368 g/mol. The number of benzene rings is 1. The molecule has 0 unspecified atom stereocenters. The van der Waals surface area contributed by atoms with Crippen LogP contribution in [0.3, 0.4) is 0 Å². The van der Waals surface area contributed by atoms with Gasteiger partial charge in [-0.15, -0.1) is 0 Å². The Kier molecular flexibility index (Phi) is 4.90. The fourth-order valence-corrected chi connectivity index (χ4v) is 3.08. The standard InChI is InChI=1S/C21H20N6O2/c1-14(2)26(13-18-24-17-7-4-3-6-16(17)20(28)25-18)21(29)15-8-9-19(22-12-15)27-11-5-10-23-27/h3-12,14H,13H2,1-2H3,(H,24,25,28). The summed E-state index contributed by atoms with van der Waals surface area (Å²) >= 11 is 0. The minimum absolute atomic E-state index is 0.0925. The predicted molar refractivity (Wildman–Crippen MR) is 109 cm³/mol. The number of carbonyl (C=O) groups excluding carboxylic acids is 1. The Morgan fingerprint density at radius 2 is 2.00 bits per heavy atom. The predicted octanol–water partition coefficient (Wildman–Crippen LogP) is 2.55. The number of amides is 1. The van der Waals surface area contributed by atoms with Gasteiger partial charge in [-0.3, -0.25) is 9.59 Å². The Labute approximate surface area is 166 Å². The second kappa shape index (κ2) is 7.67. The van der Waals surface area contributed by atoms with Crippen LogP contribution >= 0.6 is 0 Å². The highest BCUT2D eigenvalue weighted by Gasteiger charge is 2.21. The summed E-state index contributed by atoms with van der Waals surface area (Å²) in [5, 5.41) is 4.66. The molecule has 4 rings (SSSR count). The largest absolute Gasteiger partial charge is 0.329 e. The molecule has 0 atom stereocenters. The molecule has 0 bridgehead atoms. The number of rotatable bonds is 5. The van der Waals surface area contributed by atoms with Crippen molar-refractivity contribution in [1.82, 2.24) is 29.6 Å². The number of fused-ring (bicyclic) bond motifs is 1. The van der Waals surface area contributed by atoms with Crippen molar-refractivity contribution >= 4 is 16.8 Å². The highest BCUT2D eigenvalue weighted by molar-refractivity contribution is 5.94. The van der Waals surface area contributed by atoms with E-state index < -0.39 is 0 Å². The van der Waals surface area contributed by atoms with Crippen LogP contribution in [-0.2, 0) is 6.54 Å². The summed E-state index contributed by atoms with van der Waals surface area (Å²) in [6.45, 7) is 4.03. The van der Waals surface area contributed by atoms with Crippen LogP contribution < -0.4 is 5.56 Å². The minimum Gasteiger partial charge on any atom is -0.329 e. The van der Waals surface area contributed by atoms with E-state index in [4.69, 9.17) is 0 Å². The monoisotopic (exact) mass is 388 g/mol. The Hall–Kier alpha value is -3.81. The average Bonchev–Trinajstić information content (AvgIpc) is 3.26. The van der Waals surface area contributed by atoms with Crippen molar-refractivity contribution in [1.29, 1.82) is 0 Å². The molecule has 8 nitrogen and oxygen atoms in total. The van der Waals surface area contributed by atoms with Gasteiger partial charge in [0.2, 0.25) is 0 Å². The molecule has 8 heteroatoms. The molecule has 0 radical (unpaired) electrons. The van der Waals surface area contributed by atoms with Gasteiger partial charge in [-0.1, -0.05) is 12.1 Å². The lowest BCUT2D eigenvalue weighted by molar-refractivity contribution is 0.0684. The molecule has 146 valence electrons. The fraction of sp³-hybridized carbons (Fsp3) is 0.190. The summed E-state index contributed by atoms with van der Waals surface area (Å²) in [4.78, 5) is 38.7. The summed E-state index contributed by atoms with van der Waals surface area (Å²) in [6, 6.07) is 12.3. The molecule has 0 aliphatic rings. The average molecular weight is 388 g/mol. The van der Waals surface area contributed by atoms with E-state index in [0.29, 0.717) is 28.1 Å². The van der Waals surface area contributed by atoms with Crippen LogP contribution in [0, 0.1) is 0 Å². The highest BCUT2D eigenvalue weighted by Crippen LogP contribution is 2.14. The van der Waals surface area contributed by atoms with Gasteiger partial charge < -0.3 is 9.88 Å². The molecule has 0 saturated carbocycles. The van der Waals surface area contributed by atoms with Crippen LogP contribution in [0.4, 0.5) is 0 Å². The molecule has 3 heterocycles. The van der Waals surface area contributed by atoms with Gasteiger partial charge in [0.25, 0.3) is 11.5 Å². The van der Waals surface area contributed by atoms with Gasteiger partial charge in [-0.25, -0.2) is 14.6 Å². The SMILES string of the molecule is CC(C)N(Cc1nc2ccccc2c(=O)[nH]1)C(=O)c1ccc(-n2cccn2)nc1. The third-order valence-electron chi connectivity index (χ3n) is 4.60. The number of hydrogen-bond acceptors (Lipinski definition) is 5. The van der Waals surface area contributed by atoms with Crippen LogP contribution in [0.1, 0.15) is 30.0 Å². The normalized spacial score (nSPS) is 11.1. The van der Waals surface area contributed by atoms with Crippen molar-refractivity contribution in [2.45, 2.75) is 26.4 Å². The third kappa shape index (κ3) is 3.77. The Balaban J connectivity index is 1.61. The zero-order valence-electron chi connectivity index (χ0n) is 16.1. The first-order valence-corrected chi connectivity index (χ1v) is 9.28. The summed E-state index contributed by atoms with van der Waals surface area (Å²) < 4.78 is 1.62. The fourth-order valence-electron chi connectivity index (χ4n) is 3.08. The van der Waals surface area contributed by atoms with E-state index in [9.17, 15) is 9.59 Å². The lowest BCUT2D eigenvalue weighted by atomic mass is 10.2. The van der Waals surface area contributed by atoms with Gasteiger partial charge in [0.05, 0.1) is 23.0 Å². The molecule has 0 saturated heterocycles. The number of aromatic amines is 1. The summed E-state index contributed by atoms with van der Waals surface area (Å²) in [6.07, 6.45) is 4.98. The van der Waals surface area contributed by atoms with Gasteiger partial charge in [0.15, 0.2) is 5.82 Å². The molecule has 0 fully saturated rings. The van der Waals surface area contributed by atoms with E-state index in [1.165, 1.54) is 6.20 Å². The van der Waals surface area contributed by atoms with E-state index in [0.717, 1.165) is 0 Å². The van der Waals surface area contributed by atoms with E-state index in [2.05, 4.69) is 20.1 Å². The first-order valence-electron chi connectivity index (χ1n) is 9.28. The van der Waals surface area contributed by atoms with Crippen LogP contribution in [-0.4, -0.2) is 41.6 Å². The van der Waals surface area contributed by atoms with E-state index in [1.807, 2.05) is 19.9 Å². The van der Waals surface area contributed by atoms with Crippen LogP contribution in [0.25, 0.3) is 16.7 Å². The second-order valence-electron chi connectivity index (χ2n) is 6.91. The first kappa shape index (κ1) is 18.5.